The number of benzene rings is 2. The smallest absolute Gasteiger partial charge is 0.351 e. The van der Waals surface area contributed by atoms with Gasteiger partial charge < -0.3 is 36.4 Å². The number of amides is 1. The summed E-state index contributed by atoms with van der Waals surface area (Å²) in [5.74, 6) is 1.33. The Morgan fingerprint density at radius 1 is 0.927 bits per heavy atom. The molecule has 6 N–H and O–H groups in total. The molecular formula is C31H45N5O5. The zero-order valence-corrected chi connectivity index (χ0v) is 24.3. The van der Waals surface area contributed by atoms with Gasteiger partial charge >= 0.3 is 5.97 Å². The summed E-state index contributed by atoms with van der Waals surface area (Å²) in [7, 11) is 0. The molecule has 0 saturated carbocycles. The Balaban J connectivity index is 1.26. The van der Waals surface area contributed by atoms with Crippen molar-refractivity contribution in [3.8, 4) is 11.5 Å². The van der Waals surface area contributed by atoms with Crippen LogP contribution in [0.2, 0.25) is 0 Å². The lowest BCUT2D eigenvalue weighted by Crippen LogP contribution is -2.37. The number of likely N-dealkylation sites (tertiary alicyclic amines) is 1. The van der Waals surface area contributed by atoms with Crippen LogP contribution in [0.25, 0.3) is 0 Å². The number of primary amides is 1. The van der Waals surface area contributed by atoms with Gasteiger partial charge in [-0.25, -0.2) is 4.79 Å². The number of hydrogen-bond donors (Lipinski definition) is 3. The Kier molecular flexibility index (Phi) is 12.9. The second-order valence-corrected chi connectivity index (χ2v) is 10.7. The molecule has 0 unspecified atom stereocenters. The molecule has 1 aliphatic heterocycles. The number of rotatable bonds is 16. The van der Waals surface area contributed by atoms with E-state index in [0.29, 0.717) is 24.3 Å². The summed E-state index contributed by atoms with van der Waals surface area (Å²) >= 11 is 0. The van der Waals surface area contributed by atoms with Gasteiger partial charge in [0.2, 0.25) is 5.91 Å². The lowest BCUT2D eigenvalue weighted by Gasteiger charge is -2.32. The van der Waals surface area contributed by atoms with Gasteiger partial charge in [0.25, 0.3) is 0 Å². The van der Waals surface area contributed by atoms with Gasteiger partial charge in [0, 0.05) is 17.7 Å². The fourth-order valence-electron chi connectivity index (χ4n) is 4.67. The average molecular weight is 568 g/mol. The van der Waals surface area contributed by atoms with Crippen LogP contribution in [-0.4, -0.2) is 61.5 Å². The molecule has 10 nitrogen and oxygen atoms in total. The maximum absolute atomic E-state index is 12.0. The van der Waals surface area contributed by atoms with Crippen molar-refractivity contribution in [3.05, 3.63) is 59.7 Å². The Labute approximate surface area is 243 Å². The maximum Gasteiger partial charge on any atom is 0.351 e. The number of ether oxygens (including phenoxy) is 2. The lowest BCUT2D eigenvalue weighted by molar-refractivity contribution is -0.146. The Morgan fingerprint density at radius 3 is 2.05 bits per heavy atom. The molecule has 1 saturated heterocycles. The standard InChI is InChI=1S/C31H45N5O5/c1-3-22(2)28(32)31(38)41-35-29(33)24-7-11-26(12-8-24)39-20-4-6-23-15-18-36(19-16-23)17-5-21-40-27-13-9-25(10-14-27)30(34)37/h7-14,22-23,28H,3-6,15-21,32H2,1-2H3,(H2,33,35)(H2,34,37)/t22-,28-/m0/s1. The second kappa shape index (κ2) is 16.6. The fourth-order valence-corrected chi connectivity index (χ4v) is 4.67. The summed E-state index contributed by atoms with van der Waals surface area (Å²) < 4.78 is 11.7. The normalized spacial score (nSPS) is 16.1. The van der Waals surface area contributed by atoms with Gasteiger partial charge in [0.1, 0.15) is 17.5 Å². The number of hydrogen-bond acceptors (Lipinski definition) is 8. The summed E-state index contributed by atoms with van der Waals surface area (Å²) in [5, 5.41) is 3.74. The number of amidine groups is 1. The predicted molar refractivity (Wildman–Crippen MR) is 160 cm³/mol. The highest BCUT2D eigenvalue weighted by molar-refractivity contribution is 5.97. The monoisotopic (exact) mass is 567 g/mol. The molecule has 3 rings (SSSR count). The number of oxime groups is 1. The van der Waals surface area contributed by atoms with E-state index in [0.717, 1.165) is 62.7 Å². The van der Waals surface area contributed by atoms with Crippen molar-refractivity contribution >= 4 is 17.7 Å². The third-order valence-electron chi connectivity index (χ3n) is 7.67. The zero-order chi connectivity index (χ0) is 29.6. The molecule has 0 bridgehead atoms. The van der Waals surface area contributed by atoms with Crippen LogP contribution in [0.3, 0.4) is 0 Å². The largest absolute Gasteiger partial charge is 0.494 e. The molecule has 2 aromatic carbocycles. The van der Waals surface area contributed by atoms with E-state index in [1.807, 2.05) is 26.0 Å². The van der Waals surface area contributed by atoms with E-state index in [-0.39, 0.29) is 11.8 Å². The fraction of sp³-hybridized carbons (Fsp3) is 0.516. The van der Waals surface area contributed by atoms with Gasteiger partial charge in [-0.2, -0.15) is 0 Å². The van der Waals surface area contributed by atoms with Crippen molar-refractivity contribution in [2.45, 2.75) is 58.4 Å². The summed E-state index contributed by atoms with van der Waals surface area (Å²) in [4.78, 5) is 30.5. The van der Waals surface area contributed by atoms with E-state index in [2.05, 4.69) is 10.1 Å². The molecule has 41 heavy (non-hydrogen) atoms. The first-order valence-corrected chi connectivity index (χ1v) is 14.5. The summed E-state index contributed by atoms with van der Waals surface area (Å²) in [6.07, 6.45) is 6.30. The van der Waals surface area contributed by atoms with E-state index in [1.165, 1.54) is 12.8 Å². The van der Waals surface area contributed by atoms with Crippen molar-refractivity contribution in [3.63, 3.8) is 0 Å². The van der Waals surface area contributed by atoms with Gasteiger partial charge in [0.15, 0.2) is 5.84 Å². The first-order valence-electron chi connectivity index (χ1n) is 14.5. The lowest BCUT2D eigenvalue weighted by atomic mass is 9.92. The van der Waals surface area contributed by atoms with Gasteiger partial charge in [-0.3, -0.25) is 4.79 Å². The molecule has 2 atom stereocenters. The summed E-state index contributed by atoms with van der Waals surface area (Å²) in [6.45, 7) is 8.40. The van der Waals surface area contributed by atoms with Crippen LogP contribution >= 0.6 is 0 Å². The molecule has 0 aliphatic carbocycles. The van der Waals surface area contributed by atoms with Crippen molar-refractivity contribution in [1.29, 1.82) is 0 Å². The van der Waals surface area contributed by atoms with Crippen molar-refractivity contribution in [2.24, 2.45) is 34.2 Å². The number of carbonyl (C=O) groups is 2. The van der Waals surface area contributed by atoms with Crippen LogP contribution < -0.4 is 26.7 Å². The van der Waals surface area contributed by atoms with Crippen LogP contribution in [0.15, 0.2) is 53.7 Å². The first kappa shape index (κ1) is 31.9. The van der Waals surface area contributed by atoms with Crippen LogP contribution in [0, 0.1) is 11.8 Å². The van der Waals surface area contributed by atoms with E-state index >= 15 is 0 Å². The third-order valence-corrected chi connectivity index (χ3v) is 7.67. The highest BCUT2D eigenvalue weighted by atomic mass is 16.7. The predicted octanol–water partition coefficient (Wildman–Crippen LogP) is 3.66. The van der Waals surface area contributed by atoms with Crippen molar-refractivity contribution in [2.75, 3.05) is 32.8 Å². The SMILES string of the molecule is CC[C@H](C)[C@H](N)C(=O)ON=C(N)c1ccc(OCCCC2CCN(CCCOc3ccc(C(N)=O)cc3)CC2)cc1. The Bertz CT molecular complexity index is 1110. The molecule has 0 aromatic heterocycles. The number of piperidine rings is 1. The van der Waals surface area contributed by atoms with E-state index in [9.17, 15) is 9.59 Å². The third kappa shape index (κ3) is 10.7. The molecule has 1 aliphatic rings. The molecule has 10 heteroatoms. The van der Waals surface area contributed by atoms with Gasteiger partial charge in [-0.1, -0.05) is 25.4 Å². The second-order valence-electron chi connectivity index (χ2n) is 10.7. The number of nitrogens with zero attached hydrogens (tertiary/aromatic N) is 2. The Hall–Kier alpha value is -3.63. The molecule has 0 spiro atoms. The van der Waals surface area contributed by atoms with E-state index < -0.39 is 17.9 Å². The van der Waals surface area contributed by atoms with Crippen LogP contribution in [0.5, 0.6) is 11.5 Å². The van der Waals surface area contributed by atoms with Gasteiger partial charge in [-0.05, 0) is 106 Å². The van der Waals surface area contributed by atoms with E-state index in [4.69, 9.17) is 31.5 Å². The molecule has 1 fully saturated rings. The maximum atomic E-state index is 12.0. The topological polar surface area (TPSA) is 155 Å². The molecule has 2 aromatic rings. The summed E-state index contributed by atoms with van der Waals surface area (Å²) in [5.41, 5.74) is 18.2. The molecule has 0 radical (unpaired) electrons. The van der Waals surface area contributed by atoms with Crippen LogP contribution in [-0.2, 0) is 9.63 Å². The molecular weight excluding hydrogens is 522 g/mol. The quantitative estimate of drug-likeness (QED) is 0.0912. The molecule has 224 valence electrons. The van der Waals surface area contributed by atoms with E-state index in [1.54, 1.807) is 36.4 Å². The highest BCUT2D eigenvalue weighted by Gasteiger charge is 2.21. The van der Waals surface area contributed by atoms with Gasteiger partial charge in [-0.15, -0.1) is 0 Å². The number of carbonyl (C=O) groups excluding carboxylic acids is 2. The highest BCUT2D eigenvalue weighted by Crippen LogP contribution is 2.23. The summed E-state index contributed by atoms with van der Waals surface area (Å²) in [6, 6.07) is 13.5. The minimum absolute atomic E-state index is 0.00243. The van der Waals surface area contributed by atoms with Crippen LogP contribution in [0.1, 0.15) is 68.3 Å². The molecule has 1 heterocycles. The van der Waals surface area contributed by atoms with Crippen LogP contribution in [0.4, 0.5) is 0 Å². The zero-order valence-electron chi connectivity index (χ0n) is 24.3. The molecule has 1 amide bonds. The average Bonchev–Trinajstić information content (AvgIpc) is 3.00. The van der Waals surface area contributed by atoms with Crippen molar-refractivity contribution < 1.29 is 23.9 Å². The first-order chi connectivity index (χ1) is 19.8. The Morgan fingerprint density at radius 2 is 1.49 bits per heavy atom. The van der Waals surface area contributed by atoms with Crippen molar-refractivity contribution in [1.82, 2.24) is 4.90 Å². The van der Waals surface area contributed by atoms with Gasteiger partial charge in [0.05, 0.1) is 13.2 Å². The number of nitrogens with two attached hydrogens (primary N) is 3. The minimum Gasteiger partial charge on any atom is -0.494 e. The minimum atomic E-state index is -0.729.